The number of nitrogens with zero attached hydrogens (tertiary/aromatic N) is 1. The van der Waals surface area contributed by atoms with Gasteiger partial charge >= 0.3 is 6.09 Å². The Hall–Kier alpha value is -3.08. The third-order valence-electron chi connectivity index (χ3n) is 9.19. The van der Waals surface area contributed by atoms with Gasteiger partial charge in [-0.3, -0.25) is 9.69 Å². The maximum absolute atomic E-state index is 14.2. The van der Waals surface area contributed by atoms with Crippen molar-refractivity contribution in [3.8, 4) is 5.75 Å². The van der Waals surface area contributed by atoms with E-state index in [1.807, 2.05) is 32.9 Å². The van der Waals surface area contributed by atoms with E-state index in [-0.39, 0.29) is 17.8 Å². The normalized spacial score (nSPS) is 28.1. The molecule has 1 aliphatic heterocycles. The van der Waals surface area contributed by atoms with Gasteiger partial charge < -0.3 is 9.47 Å². The van der Waals surface area contributed by atoms with Gasteiger partial charge in [0.2, 0.25) is 0 Å². The number of methoxy groups -OCH3 is 1. The SMILES string of the molecule is COc1ccc2c(c1)CC[C@@H]1[C@@H]2CC[C@]2(C)C(=O)C(c3cccc4c3N(C(=O)OC(C)(C)C)CC4)=C[C@@H]12. The molecule has 6 rings (SSSR count). The molecule has 0 saturated heterocycles. The molecule has 0 aromatic heterocycles. The van der Waals surface area contributed by atoms with Gasteiger partial charge in [-0.25, -0.2) is 4.79 Å². The summed E-state index contributed by atoms with van der Waals surface area (Å²) in [5, 5.41) is 0. The van der Waals surface area contributed by atoms with Crippen molar-refractivity contribution in [1.82, 2.24) is 0 Å². The lowest BCUT2D eigenvalue weighted by Gasteiger charge is -2.48. The zero-order valence-electron chi connectivity index (χ0n) is 22.6. The second kappa shape index (κ2) is 8.47. The average molecular weight is 500 g/mol. The monoisotopic (exact) mass is 499 g/mol. The summed E-state index contributed by atoms with van der Waals surface area (Å²) in [7, 11) is 1.72. The predicted molar refractivity (Wildman–Crippen MR) is 145 cm³/mol. The Morgan fingerprint density at radius 1 is 1.08 bits per heavy atom. The molecule has 2 aromatic carbocycles. The van der Waals surface area contributed by atoms with Gasteiger partial charge in [-0.05, 0) is 99.5 Å². The first-order valence-electron chi connectivity index (χ1n) is 13.7. The van der Waals surface area contributed by atoms with E-state index in [9.17, 15) is 9.59 Å². The van der Waals surface area contributed by atoms with Gasteiger partial charge in [0.05, 0.1) is 12.8 Å². The summed E-state index contributed by atoms with van der Waals surface area (Å²) in [5.74, 6) is 2.27. The number of carbonyl (C=O) groups excluding carboxylic acids is 2. The van der Waals surface area contributed by atoms with Gasteiger partial charge in [0.25, 0.3) is 0 Å². The minimum Gasteiger partial charge on any atom is -0.497 e. The fourth-order valence-electron chi connectivity index (χ4n) is 7.46. The fraction of sp³-hybridized carbons (Fsp3) is 0.500. The highest BCUT2D eigenvalue weighted by Gasteiger charge is 2.55. The van der Waals surface area contributed by atoms with Crippen LogP contribution in [0.1, 0.15) is 75.1 Å². The number of hydrogen-bond acceptors (Lipinski definition) is 4. The molecular formula is C32H37NO4. The van der Waals surface area contributed by atoms with Crippen LogP contribution in [0.15, 0.2) is 42.5 Å². The van der Waals surface area contributed by atoms with Gasteiger partial charge in [-0.1, -0.05) is 37.3 Å². The number of fused-ring (bicyclic) bond motifs is 6. The molecule has 1 fully saturated rings. The van der Waals surface area contributed by atoms with E-state index in [0.717, 1.165) is 60.2 Å². The number of Topliss-reactive ketones (excluding diaryl/α,β-unsaturated/α-hetero) is 1. The van der Waals surface area contributed by atoms with E-state index < -0.39 is 11.0 Å². The van der Waals surface area contributed by atoms with E-state index in [0.29, 0.717) is 18.4 Å². The topological polar surface area (TPSA) is 55.8 Å². The number of anilines is 1. The van der Waals surface area contributed by atoms with E-state index in [1.165, 1.54) is 11.1 Å². The van der Waals surface area contributed by atoms with Crippen LogP contribution in [0.3, 0.4) is 0 Å². The Balaban J connectivity index is 1.37. The lowest BCUT2D eigenvalue weighted by molar-refractivity contribution is -0.126. The number of para-hydroxylation sites is 1. The second-order valence-electron chi connectivity index (χ2n) is 12.5. The highest BCUT2D eigenvalue weighted by atomic mass is 16.6. The van der Waals surface area contributed by atoms with Crippen LogP contribution in [0, 0.1) is 17.3 Å². The van der Waals surface area contributed by atoms with E-state index in [4.69, 9.17) is 9.47 Å². The van der Waals surface area contributed by atoms with Gasteiger partial charge in [0, 0.05) is 23.1 Å². The second-order valence-corrected chi connectivity index (χ2v) is 12.5. The zero-order valence-corrected chi connectivity index (χ0v) is 22.6. The number of rotatable bonds is 2. The number of benzene rings is 2. The van der Waals surface area contributed by atoms with Crippen molar-refractivity contribution in [2.45, 2.75) is 71.3 Å². The lowest BCUT2D eigenvalue weighted by atomic mass is 9.55. The fourth-order valence-corrected chi connectivity index (χ4v) is 7.46. The Kier molecular flexibility index (Phi) is 5.56. The van der Waals surface area contributed by atoms with E-state index >= 15 is 0 Å². The molecule has 4 aliphatic rings. The number of ether oxygens (including phenoxy) is 2. The molecule has 0 N–H and O–H groups in total. The molecule has 194 valence electrons. The Morgan fingerprint density at radius 3 is 2.65 bits per heavy atom. The standard InChI is InChI=1S/C32H37NO4/c1-31(2,3)37-30(35)33-16-14-19-7-6-8-25(28(19)33)26-18-27-24-11-9-20-17-21(36-5)10-12-22(20)23(24)13-15-32(27,4)29(26)34/h6-8,10,12,17-18,23-24,27H,9,11,13-16H2,1-5H3/t23-,24-,27+,32+/m1/s1. The van der Waals surface area contributed by atoms with Crippen LogP contribution in [-0.2, 0) is 22.4 Å². The van der Waals surface area contributed by atoms with E-state index in [2.05, 4.69) is 37.3 Å². The van der Waals surface area contributed by atoms with Crippen molar-refractivity contribution in [1.29, 1.82) is 0 Å². The minimum atomic E-state index is -0.573. The van der Waals surface area contributed by atoms with Crippen molar-refractivity contribution in [3.63, 3.8) is 0 Å². The van der Waals surface area contributed by atoms with Crippen LogP contribution in [0.2, 0.25) is 0 Å². The van der Waals surface area contributed by atoms with Gasteiger partial charge in [0.15, 0.2) is 5.78 Å². The number of allylic oxidation sites excluding steroid dienone is 2. The summed E-state index contributed by atoms with van der Waals surface area (Å²) in [6.07, 6.45) is 6.72. The van der Waals surface area contributed by atoms with E-state index in [1.54, 1.807) is 12.0 Å². The molecule has 37 heavy (non-hydrogen) atoms. The van der Waals surface area contributed by atoms with Gasteiger partial charge in [-0.2, -0.15) is 0 Å². The quantitative estimate of drug-likeness (QED) is 0.460. The average Bonchev–Trinajstić information content (AvgIpc) is 3.41. The molecular weight excluding hydrogens is 462 g/mol. The molecule has 5 heteroatoms. The molecule has 2 aromatic rings. The van der Waals surface area contributed by atoms with Crippen molar-refractivity contribution in [3.05, 3.63) is 64.7 Å². The summed E-state index contributed by atoms with van der Waals surface area (Å²) >= 11 is 0. The number of aryl methyl sites for hydroxylation is 1. The first-order chi connectivity index (χ1) is 17.6. The largest absolute Gasteiger partial charge is 0.497 e. The van der Waals surface area contributed by atoms with Crippen molar-refractivity contribution >= 4 is 23.1 Å². The maximum atomic E-state index is 14.2. The van der Waals surface area contributed by atoms with Crippen LogP contribution in [0.4, 0.5) is 10.5 Å². The maximum Gasteiger partial charge on any atom is 0.414 e. The first-order valence-corrected chi connectivity index (χ1v) is 13.7. The van der Waals surface area contributed by atoms with Crippen LogP contribution < -0.4 is 9.64 Å². The van der Waals surface area contributed by atoms with Gasteiger partial charge in [0.1, 0.15) is 11.4 Å². The van der Waals surface area contributed by atoms with Crippen LogP contribution in [0.25, 0.3) is 5.57 Å². The molecule has 3 aliphatic carbocycles. The minimum absolute atomic E-state index is 0.205. The van der Waals surface area contributed by atoms with Gasteiger partial charge in [-0.15, -0.1) is 0 Å². The summed E-state index contributed by atoms with van der Waals surface area (Å²) in [5.41, 5.74) is 5.51. The first kappa shape index (κ1) is 24.3. The van der Waals surface area contributed by atoms with Crippen molar-refractivity contribution in [2.75, 3.05) is 18.6 Å². The molecule has 0 unspecified atom stereocenters. The number of ketones is 1. The van der Waals surface area contributed by atoms with Crippen molar-refractivity contribution in [2.24, 2.45) is 17.3 Å². The molecule has 0 bridgehead atoms. The summed E-state index contributed by atoms with van der Waals surface area (Å²) < 4.78 is 11.2. The number of hydrogen-bond donors (Lipinski definition) is 0. The highest BCUT2D eigenvalue weighted by molar-refractivity contribution is 6.27. The summed E-state index contributed by atoms with van der Waals surface area (Å²) in [6.45, 7) is 8.41. The van der Waals surface area contributed by atoms with Crippen LogP contribution in [-0.4, -0.2) is 31.1 Å². The van der Waals surface area contributed by atoms with Crippen LogP contribution in [0.5, 0.6) is 5.75 Å². The Morgan fingerprint density at radius 2 is 1.89 bits per heavy atom. The summed E-state index contributed by atoms with van der Waals surface area (Å²) in [6, 6.07) is 12.6. The van der Waals surface area contributed by atoms with Crippen LogP contribution >= 0.6 is 0 Å². The Labute approximate surface area is 219 Å². The lowest BCUT2D eigenvalue weighted by Crippen LogP contribution is -2.43. The third-order valence-corrected chi connectivity index (χ3v) is 9.19. The number of amides is 1. The molecule has 1 heterocycles. The molecule has 1 amide bonds. The highest BCUT2D eigenvalue weighted by Crippen LogP contribution is 2.60. The summed E-state index contributed by atoms with van der Waals surface area (Å²) in [4.78, 5) is 29.0. The smallest absolute Gasteiger partial charge is 0.414 e. The molecule has 5 nitrogen and oxygen atoms in total. The molecule has 0 spiro atoms. The molecule has 4 atom stereocenters. The van der Waals surface area contributed by atoms with Crippen molar-refractivity contribution < 1.29 is 19.1 Å². The number of carbonyl (C=O) groups is 2. The zero-order chi connectivity index (χ0) is 26.1. The predicted octanol–water partition coefficient (Wildman–Crippen LogP) is 6.72. The molecule has 1 saturated carbocycles. The third kappa shape index (κ3) is 3.81. The Bertz CT molecular complexity index is 1320. The molecule has 0 radical (unpaired) electrons.